The monoisotopic (exact) mass is 296 g/mol. The molecule has 0 spiro atoms. The van der Waals surface area contributed by atoms with Crippen LogP contribution >= 0.6 is 0 Å². The van der Waals surface area contributed by atoms with E-state index in [-0.39, 0.29) is 11.9 Å². The van der Waals surface area contributed by atoms with Gasteiger partial charge in [0.15, 0.2) is 0 Å². The number of pyridine rings is 1. The average molecular weight is 296 g/mol. The molecule has 0 aliphatic carbocycles. The minimum Gasteiger partial charge on any atom is -0.495 e. The van der Waals surface area contributed by atoms with Crippen molar-refractivity contribution in [3.63, 3.8) is 0 Å². The van der Waals surface area contributed by atoms with Gasteiger partial charge in [-0.3, -0.25) is 4.98 Å². The summed E-state index contributed by atoms with van der Waals surface area (Å²) in [5.41, 5.74) is 9.28. The van der Waals surface area contributed by atoms with Crippen molar-refractivity contribution in [2.45, 2.75) is 13.0 Å². The second kappa shape index (κ2) is 5.73. The Labute approximate surface area is 128 Å². The van der Waals surface area contributed by atoms with Crippen molar-refractivity contribution >= 4 is 10.9 Å². The largest absolute Gasteiger partial charge is 0.495 e. The molecule has 0 saturated carbocycles. The minimum atomic E-state index is -0.319. The van der Waals surface area contributed by atoms with E-state index in [1.807, 2.05) is 37.3 Å². The van der Waals surface area contributed by atoms with Crippen LogP contribution in [0, 0.1) is 5.82 Å². The lowest BCUT2D eigenvalue weighted by atomic mass is 9.97. The molecule has 1 atom stereocenters. The van der Waals surface area contributed by atoms with E-state index in [2.05, 4.69) is 4.98 Å². The summed E-state index contributed by atoms with van der Waals surface area (Å²) in [5, 5.41) is 0.644. The molecule has 0 aliphatic rings. The highest BCUT2D eigenvalue weighted by molar-refractivity contribution is 5.93. The SMILES string of the molecule is COc1c(-c2ccccc2)c(C(C)N)nc2ccc(F)cc12. The second-order valence-electron chi connectivity index (χ2n) is 5.22. The predicted molar refractivity (Wildman–Crippen MR) is 86.3 cm³/mol. The number of rotatable bonds is 3. The number of nitrogens with two attached hydrogens (primary N) is 1. The smallest absolute Gasteiger partial charge is 0.138 e. The number of benzene rings is 2. The van der Waals surface area contributed by atoms with Crippen LogP contribution in [0.15, 0.2) is 48.5 Å². The van der Waals surface area contributed by atoms with Gasteiger partial charge in [-0.2, -0.15) is 0 Å². The molecule has 0 bridgehead atoms. The topological polar surface area (TPSA) is 48.1 Å². The van der Waals surface area contributed by atoms with Crippen molar-refractivity contribution < 1.29 is 9.13 Å². The summed E-state index contributed by atoms with van der Waals surface area (Å²) in [7, 11) is 1.58. The van der Waals surface area contributed by atoms with E-state index in [1.54, 1.807) is 13.2 Å². The number of aromatic nitrogens is 1. The highest BCUT2D eigenvalue weighted by Crippen LogP contribution is 2.40. The first-order chi connectivity index (χ1) is 10.6. The van der Waals surface area contributed by atoms with E-state index in [0.717, 1.165) is 16.8 Å². The van der Waals surface area contributed by atoms with E-state index in [4.69, 9.17) is 10.5 Å². The van der Waals surface area contributed by atoms with Gasteiger partial charge in [0.2, 0.25) is 0 Å². The maximum Gasteiger partial charge on any atom is 0.138 e. The van der Waals surface area contributed by atoms with Crippen LogP contribution in [0.5, 0.6) is 5.75 Å². The van der Waals surface area contributed by atoms with Gasteiger partial charge < -0.3 is 10.5 Å². The number of nitrogens with zero attached hydrogens (tertiary/aromatic N) is 1. The standard InChI is InChI=1S/C18H17FN2O/c1-11(20)17-16(12-6-4-3-5-7-12)18(22-2)14-10-13(19)8-9-15(14)21-17/h3-11H,20H2,1-2H3. The summed E-state index contributed by atoms with van der Waals surface area (Å²) < 4.78 is 19.2. The molecule has 1 unspecified atom stereocenters. The normalized spacial score (nSPS) is 12.4. The van der Waals surface area contributed by atoms with Gasteiger partial charge in [0.1, 0.15) is 11.6 Å². The van der Waals surface area contributed by atoms with Gasteiger partial charge in [0, 0.05) is 17.0 Å². The Kier molecular flexibility index (Phi) is 3.77. The molecule has 3 rings (SSSR count). The lowest BCUT2D eigenvalue weighted by molar-refractivity contribution is 0.420. The first-order valence-corrected chi connectivity index (χ1v) is 7.10. The van der Waals surface area contributed by atoms with Crippen LogP contribution < -0.4 is 10.5 Å². The lowest BCUT2D eigenvalue weighted by Gasteiger charge is -2.18. The molecule has 1 heterocycles. The van der Waals surface area contributed by atoms with Crippen LogP contribution in [-0.2, 0) is 0 Å². The Bertz CT molecular complexity index is 816. The molecule has 0 saturated heterocycles. The van der Waals surface area contributed by atoms with Crippen LogP contribution in [0.1, 0.15) is 18.7 Å². The molecule has 0 aliphatic heterocycles. The summed E-state index contributed by atoms with van der Waals surface area (Å²) in [6.45, 7) is 1.88. The van der Waals surface area contributed by atoms with E-state index in [1.165, 1.54) is 12.1 Å². The Balaban J connectivity index is 2.43. The number of hydrogen-bond acceptors (Lipinski definition) is 3. The molecule has 2 aromatic carbocycles. The van der Waals surface area contributed by atoms with Gasteiger partial charge >= 0.3 is 0 Å². The van der Waals surface area contributed by atoms with Gasteiger partial charge in [-0.1, -0.05) is 30.3 Å². The van der Waals surface area contributed by atoms with Gasteiger partial charge in [0.25, 0.3) is 0 Å². The van der Waals surface area contributed by atoms with E-state index >= 15 is 0 Å². The number of hydrogen-bond donors (Lipinski definition) is 1. The predicted octanol–water partition coefficient (Wildman–Crippen LogP) is 4.07. The summed E-state index contributed by atoms with van der Waals surface area (Å²) in [4.78, 5) is 4.63. The Morgan fingerprint density at radius 1 is 1.14 bits per heavy atom. The zero-order chi connectivity index (χ0) is 15.7. The molecular formula is C18H17FN2O. The van der Waals surface area contributed by atoms with Crippen molar-refractivity contribution in [1.29, 1.82) is 0 Å². The van der Waals surface area contributed by atoms with Crippen LogP contribution in [0.4, 0.5) is 4.39 Å². The van der Waals surface area contributed by atoms with Crippen molar-refractivity contribution in [3.8, 4) is 16.9 Å². The van der Waals surface area contributed by atoms with E-state index < -0.39 is 0 Å². The van der Waals surface area contributed by atoms with E-state index in [0.29, 0.717) is 16.7 Å². The molecule has 112 valence electrons. The first-order valence-electron chi connectivity index (χ1n) is 7.10. The Hall–Kier alpha value is -2.46. The summed E-state index contributed by atoms with van der Waals surface area (Å²) in [5.74, 6) is 0.281. The maximum atomic E-state index is 13.6. The zero-order valence-electron chi connectivity index (χ0n) is 12.5. The quantitative estimate of drug-likeness (QED) is 0.792. The number of halogens is 1. The van der Waals surface area contributed by atoms with Crippen LogP contribution in [0.25, 0.3) is 22.0 Å². The number of fused-ring (bicyclic) bond motifs is 1. The lowest BCUT2D eigenvalue weighted by Crippen LogP contribution is -2.10. The highest BCUT2D eigenvalue weighted by Gasteiger charge is 2.20. The van der Waals surface area contributed by atoms with Gasteiger partial charge in [-0.05, 0) is 30.7 Å². The summed E-state index contributed by atoms with van der Waals surface area (Å²) in [6, 6.07) is 14.0. The second-order valence-corrected chi connectivity index (χ2v) is 5.22. The van der Waals surface area contributed by atoms with Gasteiger partial charge in [0.05, 0.1) is 18.3 Å². The van der Waals surface area contributed by atoms with Gasteiger partial charge in [-0.15, -0.1) is 0 Å². The molecule has 3 aromatic rings. The van der Waals surface area contributed by atoms with Crippen LogP contribution in [0.3, 0.4) is 0 Å². The molecule has 22 heavy (non-hydrogen) atoms. The minimum absolute atomic E-state index is 0.265. The van der Waals surface area contributed by atoms with Crippen molar-refractivity contribution in [2.75, 3.05) is 7.11 Å². The molecule has 1 aromatic heterocycles. The molecule has 2 N–H and O–H groups in total. The third-order valence-electron chi connectivity index (χ3n) is 3.63. The zero-order valence-corrected chi connectivity index (χ0v) is 12.5. The van der Waals surface area contributed by atoms with Crippen LogP contribution in [0.2, 0.25) is 0 Å². The highest BCUT2D eigenvalue weighted by atomic mass is 19.1. The van der Waals surface area contributed by atoms with Crippen molar-refractivity contribution in [1.82, 2.24) is 4.98 Å². The first kappa shape index (κ1) is 14.5. The number of methoxy groups -OCH3 is 1. The molecule has 0 amide bonds. The summed E-state index contributed by atoms with van der Waals surface area (Å²) >= 11 is 0. The van der Waals surface area contributed by atoms with Crippen LogP contribution in [-0.4, -0.2) is 12.1 Å². The molecule has 0 radical (unpaired) electrons. The fourth-order valence-electron chi connectivity index (χ4n) is 2.65. The maximum absolute atomic E-state index is 13.6. The van der Waals surface area contributed by atoms with Gasteiger partial charge in [-0.25, -0.2) is 4.39 Å². The Morgan fingerprint density at radius 3 is 2.50 bits per heavy atom. The Morgan fingerprint density at radius 2 is 1.86 bits per heavy atom. The molecule has 4 heteroatoms. The molecule has 3 nitrogen and oxygen atoms in total. The van der Waals surface area contributed by atoms with Crippen molar-refractivity contribution in [2.24, 2.45) is 5.73 Å². The number of ether oxygens (including phenoxy) is 1. The summed E-state index contributed by atoms with van der Waals surface area (Å²) in [6.07, 6.45) is 0. The third kappa shape index (κ3) is 2.42. The molecular weight excluding hydrogens is 279 g/mol. The fraction of sp³-hybridized carbons (Fsp3) is 0.167. The molecule has 0 fully saturated rings. The average Bonchev–Trinajstić information content (AvgIpc) is 2.53. The fourth-order valence-corrected chi connectivity index (χ4v) is 2.65. The van der Waals surface area contributed by atoms with E-state index in [9.17, 15) is 4.39 Å². The third-order valence-corrected chi connectivity index (χ3v) is 3.63. The van der Waals surface area contributed by atoms with Crippen molar-refractivity contribution in [3.05, 3.63) is 60.0 Å².